The second kappa shape index (κ2) is 5.45. The fourth-order valence-electron chi connectivity index (χ4n) is 2.93. The molecule has 0 aromatic heterocycles. The van der Waals surface area contributed by atoms with Crippen LogP contribution in [0, 0.1) is 18.7 Å². The molecular formula is C17H15FO4S. The average Bonchev–Trinajstić information content (AvgIpc) is 3.25. The van der Waals surface area contributed by atoms with Gasteiger partial charge in [0, 0.05) is 5.92 Å². The number of aliphatic carboxylic acids is 1. The molecule has 6 heteroatoms. The Bertz CT molecular complexity index is 841. The summed E-state index contributed by atoms with van der Waals surface area (Å²) < 4.78 is 38.5. The lowest BCUT2D eigenvalue weighted by atomic mass is 10.1. The molecule has 1 N–H and O–H groups in total. The maximum Gasteiger partial charge on any atom is 0.308 e. The molecule has 3 rings (SSSR count). The van der Waals surface area contributed by atoms with Crippen LogP contribution in [0.4, 0.5) is 4.39 Å². The number of hydrogen-bond acceptors (Lipinski definition) is 3. The standard InChI is InChI=1S/C17H15FO4S/c1-10-2-8-13(9-3-10)23(21,22)16-14(15(16)17(19)20)11-4-6-12(18)7-5-11/h2-9,14-16H,1H3,(H,19,20)/t14-,15+,16+/m1/s1. The van der Waals surface area contributed by atoms with Crippen molar-refractivity contribution in [2.75, 3.05) is 0 Å². The molecule has 0 unspecified atom stereocenters. The molecule has 1 saturated carbocycles. The summed E-state index contributed by atoms with van der Waals surface area (Å²) in [5, 5.41) is 8.31. The summed E-state index contributed by atoms with van der Waals surface area (Å²) in [6.07, 6.45) is 0. The van der Waals surface area contributed by atoms with E-state index in [4.69, 9.17) is 0 Å². The summed E-state index contributed by atoms with van der Waals surface area (Å²) in [5.41, 5.74) is 1.45. The zero-order valence-corrected chi connectivity index (χ0v) is 13.1. The Labute approximate surface area is 133 Å². The number of carbonyl (C=O) groups is 1. The smallest absolute Gasteiger partial charge is 0.308 e. The van der Waals surface area contributed by atoms with Gasteiger partial charge in [-0.15, -0.1) is 0 Å². The molecule has 0 saturated heterocycles. The summed E-state index contributed by atoms with van der Waals surface area (Å²) >= 11 is 0. The highest BCUT2D eigenvalue weighted by Crippen LogP contribution is 2.54. The van der Waals surface area contributed by atoms with Crippen molar-refractivity contribution in [1.82, 2.24) is 0 Å². The van der Waals surface area contributed by atoms with Gasteiger partial charge in [0.25, 0.3) is 0 Å². The Hall–Kier alpha value is -2.21. The molecule has 0 bridgehead atoms. The number of halogens is 1. The van der Waals surface area contributed by atoms with Crippen LogP contribution in [-0.4, -0.2) is 24.7 Å². The fraction of sp³-hybridized carbons (Fsp3) is 0.235. The maximum absolute atomic E-state index is 13.0. The Morgan fingerprint density at radius 2 is 1.61 bits per heavy atom. The van der Waals surface area contributed by atoms with Crippen LogP contribution >= 0.6 is 0 Å². The molecule has 2 aromatic carbocycles. The highest BCUT2D eigenvalue weighted by Gasteiger charge is 2.63. The van der Waals surface area contributed by atoms with Gasteiger partial charge in [-0.25, -0.2) is 12.8 Å². The number of carboxylic acid groups (broad SMARTS) is 1. The van der Waals surface area contributed by atoms with Gasteiger partial charge in [0.1, 0.15) is 5.82 Å². The summed E-state index contributed by atoms with van der Waals surface area (Å²) in [7, 11) is -3.76. The van der Waals surface area contributed by atoms with Crippen molar-refractivity contribution in [2.45, 2.75) is 23.0 Å². The molecule has 0 spiro atoms. The third kappa shape index (κ3) is 2.74. The predicted molar refractivity (Wildman–Crippen MR) is 82.4 cm³/mol. The monoisotopic (exact) mass is 334 g/mol. The van der Waals surface area contributed by atoms with Crippen LogP contribution in [0.25, 0.3) is 0 Å². The molecule has 4 nitrogen and oxygen atoms in total. The summed E-state index contributed by atoms with van der Waals surface area (Å²) in [6.45, 7) is 1.84. The SMILES string of the molecule is Cc1ccc(S(=O)(=O)[C@@H]2[C@@H](C(=O)O)[C@H]2c2ccc(F)cc2)cc1. The van der Waals surface area contributed by atoms with Crippen molar-refractivity contribution < 1.29 is 22.7 Å². The van der Waals surface area contributed by atoms with E-state index in [0.29, 0.717) is 5.56 Å². The lowest BCUT2D eigenvalue weighted by molar-refractivity contribution is -0.138. The number of rotatable bonds is 4. The van der Waals surface area contributed by atoms with Crippen LogP contribution in [0.15, 0.2) is 53.4 Å². The maximum atomic E-state index is 13.0. The van der Waals surface area contributed by atoms with Crippen LogP contribution in [-0.2, 0) is 14.6 Å². The third-order valence-corrected chi connectivity index (χ3v) is 6.43. The van der Waals surface area contributed by atoms with Gasteiger partial charge in [0.2, 0.25) is 0 Å². The van der Waals surface area contributed by atoms with Gasteiger partial charge in [0.15, 0.2) is 9.84 Å². The van der Waals surface area contributed by atoms with Gasteiger partial charge in [0.05, 0.1) is 16.1 Å². The number of sulfone groups is 1. The Morgan fingerprint density at radius 3 is 2.13 bits per heavy atom. The van der Waals surface area contributed by atoms with Crippen LogP contribution in [0.5, 0.6) is 0 Å². The minimum atomic E-state index is -3.76. The highest BCUT2D eigenvalue weighted by atomic mass is 32.2. The van der Waals surface area contributed by atoms with E-state index >= 15 is 0 Å². The average molecular weight is 334 g/mol. The zero-order valence-electron chi connectivity index (χ0n) is 12.3. The summed E-state index contributed by atoms with van der Waals surface area (Å²) in [5.74, 6) is -3.26. The lowest BCUT2D eigenvalue weighted by Gasteiger charge is -2.04. The number of benzene rings is 2. The molecule has 1 fully saturated rings. The van der Waals surface area contributed by atoms with Gasteiger partial charge in [-0.1, -0.05) is 29.8 Å². The van der Waals surface area contributed by atoms with Crippen molar-refractivity contribution >= 4 is 15.8 Å². The molecule has 0 radical (unpaired) electrons. The predicted octanol–water partition coefficient (Wildman–Crippen LogP) is 2.77. The molecule has 0 heterocycles. The van der Waals surface area contributed by atoms with Crippen LogP contribution in [0.1, 0.15) is 17.0 Å². The van der Waals surface area contributed by atoms with Gasteiger partial charge in [-0.05, 0) is 36.8 Å². The molecule has 23 heavy (non-hydrogen) atoms. The second-order valence-corrected chi connectivity index (χ2v) is 7.87. The van der Waals surface area contributed by atoms with Crippen LogP contribution in [0.2, 0.25) is 0 Å². The van der Waals surface area contributed by atoms with Crippen LogP contribution in [0.3, 0.4) is 0 Å². The van der Waals surface area contributed by atoms with Crippen molar-refractivity contribution in [3.63, 3.8) is 0 Å². The topological polar surface area (TPSA) is 71.4 Å². The number of hydrogen-bond donors (Lipinski definition) is 1. The van der Waals surface area contributed by atoms with E-state index in [9.17, 15) is 22.7 Å². The van der Waals surface area contributed by atoms with E-state index in [1.807, 2.05) is 6.92 Å². The first-order chi connectivity index (χ1) is 10.8. The first-order valence-corrected chi connectivity index (χ1v) is 8.66. The minimum Gasteiger partial charge on any atom is -0.481 e. The highest BCUT2D eigenvalue weighted by molar-refractivity contribution is 7.92. The third-order valence-electron chi connectivity index (χ3n) is 4.20. The number of carboxylic acids is 1. The van der Waals surface area contributed by atoms with Crippen molar-refractivity contribution in [3.8, 4) is 0 Å². The largest absolute Gasteiger partial charge is 0.481 e. The van der Waals surface area contributed by atoms with E-state index < -0.39 is 38.7 Å². The quantitative estimate of drug-likeness (QED) is 0.933. The number of aryl methyl sites for hydroxylation is 1. The molecule has 2 aromatic rings. The Kier molecular flexibility index (Phi) is 3.72. The molecule has 1 aliphatic carbocycles. The molecule has 3 atom stereocenters. The summed E-state index contributed by atoms with van der Waals surface area (Å²) in [6, 6.07) is 11.6. The van der Waals surface area contributed by atoms with E-state index in [2.05, 4.69) is 0 Å². The van der Waals surface area contributed by atoms with Crippen LogP contribution < -0.4 is 0 Å². The van der Waals surface area contributed by atoms with E-state index in [0.717, 1.165) is 5.56 Å². The molecule has 0 aliphatic heterocycles. The molecule has 0 amide bonds. The van der Waals surface area contributed by atoms with Crippen molar-refractivity contribution in [1.29, 1.82) is 0 Å². The van der Waals surface area contributed by atoms with Gasteiger partial charge >= 0.3 is 5.97 Å². The Balaban J connectivity index is 1.98. The van der Waals surface area contributed by atoms with Gasteiger partial charge < -0.3 is 5.11 Å². The van der Waals surface area contributed by atoms with Crippen molar-refractivity contribution in [3.05, 3.63) is 65.5 Å². The lowest BCUT2D eigenvalue weighted by Crippen LogP contribution is -2.13. The normalized spacial score (nSPS) is 23.5. The van der Waals surface area contributed by atoms with E-state index in [1.54, 1.807) is 12.1 Å². The van der Waals surface area contributed by atoms with Crippen molar-refractivity contribution in [2.24, 2.45) is 5.92 Å². The Morgan fingerprint density at radius 1 is 1.04 bits per heavy atom. The van der Waals surface area contributed by atoms with E-state index in [-0.39, 0.29) is 4.90 Å². The molecular weight excluding hydrogens is 319 g/mol. The second-order valence-electron chi connectivity index (χ2n) is 5.76. The van der Waals surface area contributed by atoms with E-state index in [1.165, 1.54) is 36.4 Å². The first-order valence-electron chi connectivity index (χ1n) is 7.11. The van der Waals surface area contributed by atoms with Gasteiger partial charge in [-0.2, -0.15) is 0 Å². The van der Waals surface area contributed by atoms with Gasteiger partial charge in [-0.3, -0.25) is 4.79 Å². The molecule has 120 valence electrons. The first kappa shape index (κ1) is 15.7. The summed E-state index contributed by atoms with van der Waals surface area (Å²) in [4.78, 5) is 11.5. The minimum absolute atomic E-state index is 0.115. The fourth-order valence-corrected chi connectivity index (χ4v) is 5.05. The molecule has 1 aliphatic rings. The zero-order chi connectivity index (χ0) is 16.8.